The highest BCUT2D eigenvalue weighted by molar-refractivity contribution is 9.11. The van der Waals surface area contributed by atoms with Crippen LogP contribution < -0.4 is 4.74 Å². The summed E-state index contributed by atoms with van der Waals surface area (Å²) in [4.78, 5) is 0. The van der Waals surface area contributed by atoms with Gasteiger partial charge in [-0.3, -0.25) is 0 Å². The SMILES string of the molecule is CCc1cc(Br)cc(OC(F)F)c1Br. The topological polar surface area (TPSA) is 9.23 Å². The zero-order chi connectivity index (χ0) is 10.7. The number of halogens is 4. The maximum atomic E-state index is 12.0. The van der Waals surface area contributed by atoms with E-state index >= 15 is 0 Å². The average Bonchev–Trinajstić information content (AvgIpc) is 2.09. The molecule has 0 fully saturated rings. The molecule has 0 atom stereocenters. The van der Waals surface area contributed by atoms with Crippen molar-refractivity contribution in [3.63, 3.8) is 0 Å². The van der Waals surface area contributed by atoms with Crippen LogP contribution in [0.15, 0.2) is 21.1 Å². The van der Waals surface area contributed by atoms with Crippen molar-refractivity contribution in [3.8, 4) is 5.75 Å². The van der Waals surface area contributed by atoms with Crippen LogP contribution in [0.5, 0.6) is 5.75 Å². The Morgan fingerprint density at radius 3 is 2.50 bits per heavy atom. The first-order chi connectivity index (χ1) is 6.54. The molecule has 0 radical (unpaired) electrons. The Hall–Kier alpha value is -0.160. The second kappa shape index (κ2) is 5.07. The minimum Gasteiger partial charge on any atom is -0.434 e. The summed E-state index contributed by atoms with van der Waals surface area (Å²) < 4.78 is 29.7. The third-order valence-electron chi connectivity index (χ3n) is 1.68. The van der Waals surface area contributed by atoms with Gasteiger partial charge in [-0.15, -0.1) is 0 Å². The lowest BCUT2D eigenvalue weighted by Crippen LogP contribution is -2.03. The summed E-state index contributed by atoms with van der Waals surface area (Å²) in [7, 11) is 0. The molecule has 5 heteroatoms. The van der Waals surface area contributed by atoms with Crippen molar-refractivity contribution in [3.05, 3.63) is 26.6 Å². The molecule has 1 aromatic rings. The monoisotopic (exact) mass is 328 g/mol. The smallest absolute Gasteiger partial charge is 0.387 e. The summed E-state index contributed by atoms with van der Waals surface area (Å²) in [6, 6.07) is 3.37. The molecule has 0 N–H and O–H groups in total. The molecule has 1 rings (SSSR count). The van der Waals surface area contributed by atoms with Gasteiger partial charge in [0.1, 0.15) is 5.75 Å². The maximum Gasteiger partial charge on any atom is 0.387 e. The zero-order valence-corrected chi connectivity index (χ0v) is 10.5. The third-order valence-corrected chi connectivity index (χ3v) is 3.03. The molecular weight excluding hydrogens is 322 g/mol. The van der Waals surface area contributed by atoms with Crippen molar-refractivity contribution >= 4 is 31.9 Å². The van der Waals surface area contributed by atoms with Gasteiger partial charge in [0.15, 0.2) is 0 Å². The molecule has 78 valence electrons. The van der Waals surface area contributed by atoms with Crippen molar-refractivity contribution in [2.45, 2.75) is 20.0 Å². The highest BCUT2D eigenvalue weighted by atomic mass is 79.9. The van der Waals surface area contributed by atoms with E-state index in [0.29, 0.717) is 4.47 Å². The third kappa shape index (κ3) is 2.92. The van der Waals surface area contributed by atoms with Crippen molar-refractivity contribution in [2.24, 2.45) is 0 Å². The lowest BCUT2D eigenvalue weighted by atomic mass is 10.2. The fourth-order valence-electron chi connectivity index (χ4n) is 1.06. The van der Waals surface area contributed by atoms with Crippen LogP contribution in [0.25, 0.3) is 0 Å². The molecule has 0 aliphatic heterocycles. The van der Waals surface area contributed by atoms with E-state index in [9.17, 15) is 8.78 Å². The fourth-order valence-corrected chi connectivity index (χ4v) is 2.14. The molecule has 0 bridgehead atoms. The summed E-state index contributed by atoms with van der Waals surface area (Å²) in [5, 5.41) is 0. The van der Waals surface area contributed by atoms with Crippen LogP contribution >= 0.6 is 31.9 Å². The quantitative estimate of drug-likeness (QED) is 0.799. The van der Waals surface area contributed by atoms with E-state index in [1.807, 2.05) is 13.0 Å². The van der Waals surface area contributed by atoms with Crippen LogP contribution in [0, 0.1) is 0 Å². The first-order valence-corrected chi connectivity index (χ1v) is 5.56. The maximum absolute atomic E-state index is 12.0. The summed E-state index contributed by atoms with van der Waals surface area (Å²) in [6.45, 7) is -0.858. The second-order valence-electron chi connectivity index (χ2n) is 2.61. The lowest BCUT2D eigenvalue weighted by molar-refractivity contribution is -0.0504. The van der Waals surface area contributed by atoms with Crippen LogP contribution in [-0.2, 0) is 6.42 Å². The minimum atomic E-state index is -2.80. The van der Waals surface area contributed by atoms with Crippen LogP contribution in [0.3, 0.4) is 0 Å². The van der Waals surface area contributed by atoms with Gasteiger partial charge >= 0.3 is 6.61 Å². The zero-order valence-electron chi connectivity index (χ0n) is 7.36. The van der Waals surface area contributed by atoms with E-state index in [1.165, 1.54) is 6.07 Å². The largest absolute Gasteiger partial charge is 0.434 e. The molecule has 0 unspecified atom stereocenters. The minimum absolute atomic E-state index is 0.159. The molecular formula is C9H8Br2F2O. The first kappa shape index (κ1) is 11.9. The molecule has 1 aromatic carbocycles. The Bertz CT molecular complexity index is 329. The normalized spacial score (nSPS) is 10.7. The van der Waals surface area contributed by atoms with Gasteiger partial charge in [0.25, 0.3) is 0 Å². The number of benzene rings is 1. The second-order valence-corrected chi connectivity index (χ2v) is 4.32. The molecule has 0 aliphatic carbocycles. The summed E-state index contributed by atoms with van der Waals surface area (Å²) >= 11 is 6.46. The lowest BCUT2D eigenvalue weighted by Gasteiger charge is -2.10. The van der Waals surface area contributed by atoms with Gasteiger partial charge in [-0.1, -0.05) is 22.9 Å². The number of aryl methyl sites for hydroxylation is 1. The number of hydrogen-bond acceptors (Lipinski definition) is 1. The predicted molar refractivity (Wildman–Crippen MR) is 57.9 cm³/mol. The van der Waals surface area contributed by atoms with E-state index in [0.717, 1.165) is 16.5 Å². The van der Waals surface area contributed by atoms with E-state index < -0.39 is 6.61 Å². The Morgan fingerprint density at radius 1 is 1.36 bits per heavy atom. The van der Waals surface area contributed by atoms with Gasteiger partial charge in [0.2, 0.25) is 0 Å². The highest BCUT2D eigenvalue weighted by Gasteiger charge is 2.11. The van der Waals surface area contributed by atoms with Crippen molar-refractivity contribution in [2.75, 3.05) is 0 Å². The number of hydrogen-bond donors (Lipinski definition) is 0. The average molecular weight is 330 g/mol. The van der Waals surface area contributed by atoms with Gasteiger partial charge < -0.3 is 4.74 Å². The fraction of sp³-hybridized carbons (Fsp3) is 0.333. The van der Waals surface area contributed by atoms with Gasteiger partial charge in [-0.25, -0.2) is 0 Å². The van der Waals surface area contributed by atoms with Crippen molar-refractivity contribution in [1.29, 1.82) is 0 Å². The first-order valence-electron chi connectivity index (χ1n) is 3.97. The molecule has 0 saturated carbocycles. The Kier molecular flexibility index (Phi) is 4.31. The summed E-state index contributed by atoms with van der Waals surface area (Å²) in [5.74, 6) is 0.159. The van der Waals surface area contributed by atoms with Crippen LogP contribution in [0.1, 0.15) is 12.5 Å². The highest BCUT2D eigenvalue weighted by Crippen LogP contribution is 2.33. The number of rotatable bonds is 3. The van der Waals surface area contributed by atoms with Gasteiger partial charge in [-0.2, -0.15) is 8.78 Å². The molecule has 0 aromatic heterocycles. The summed E-state index contributed by atoms with van der Waals surface area (Å²) in [6.07, 6.45) is 0.750. The van der Waals surface area contributed by atoms with E-state index in [2.05, 4.69) is 36.6 Å². The van der Waals surface area contributed by atoms with Gasteiger partial charge in [0.05, 0.1) is 4.47 Å². The predicted octanol–water partition coefficient (Wildman–Crippen LogP) is 4.38. The van der Waals surface area contributed by atoms with Crippen LogP contribution in [0.2, 0.25) is 0 Å². The molecule has 14 heavy (non-hydrogen) atoms. The van der Waals surface area contributed by atoms with Gasteiger partial charge in [0, 0.05) is 4.47 Å². The van der Waals surface area contributed by atoms with E-state index in [1.54, 1.807) is 0 Å². The standard InChI is InChI=1S/C9H8Br2F2O/c1-2-5-3-6(10)4-7(8(5)11)14-9(12)13/h3-4,9H,2H2,1H3. The van der Waals surface area contributed by atoms with E-state index in [4.69, 9.17) is 0 Å². The number of ether oxygens (including phenoxy) is 1. The van der Waals surface area contributed by atoms with Gasteiger partial charge in [-0.05, 0) is 40.0 Å². The van der Waals surface area contributed by atoms with E-state index in [-0.39, 0.29) is 5.75 Å². The summed E-state index contributed by atoms with van der Waals surface area (Å²) in [5.41, 5.74) is 0.926. The van der Waals surface area contributed by atoms with Crippen molar-refractivity contribution < 1.29 is 13.5 Å². The molecule has 0 heterocycles. The Balaban J connectivity index is 3.08. The van der Waals surface area contributed by atoms with Crippen molar-refractivity contribution in [1.82, 2.24) is 0 Å². The molecule has 0 spiro atoms. The molecule has 0 aliphatic rings. The number of alkyl halides is 2. The Morgan fingerprint density at radius 2 is 2.00 bits per heavy atom. The van der Waals surface area contributed by atoms with Crippen LogP contribution in [0.4, 0.5) is 8.78 Å². The Labute approximate surface area is 97.7 Å². The molecule has 0 saturated heterocycles. The van der Waals surface area contributed by atoms with Crippen LogP contribution in [-0.4, -0.2) is 6.61 Å². The molecule has 0 amide bonds. The molecule has 1 nitrogen and oxygen atoms in total.